The Bertz CT molecular complexity index is 1060. The lowest BCUT2D eigenvalue weighted by molar-refractivity contribution is -0.119. The van der Waals surface area contributed by atoms with Gasteiger partial charge in [0.25, 0.3) is 5.91 Å². The van der Waals surface area contributed by atoms with Crippen molar-refractivity contribution >= 4 is 28.9 Å². The third kappa shape index (κ3) is 5.33. The average molecular weight is 397 g/mol. The zero-order chi connectivity index (χ0) is 21.3. The maximum absolute atomic E-state index is 12.6. The summed E-state index contributed by atoms with van der Waals surface area (Å²) < 4.78 is 0. The molecule has 1 heterocycles. The van der Waals surface area contributed by atoms with E-state index in [-0.39, 0.29) is 11.8 Å². The van der Waals surface area contributed by atoms with E-state index in [1.807, 2.05) is 18.2 Å². The molecule has 0 atom stereocenters. The first-order chi connectivity index (χ1) is 14.6. The van der Waals surface area contributed by atoms with Crippen LogP contribution in [0.5, 0.6) is 0 Å². The maximum Gasteiger partial charge on any atom is 0.255 e. The molecule has 0 aromatic heterocycles. The van der Waals surface area contributed by atoms with E-state index in [4.69, 9.17) is 0 Å². The largest absolute Gasteiger partial charge is 0.322 e. The molecule has 2 amide bonds. The lowest BCUT2D eigenvalue weighted by Gasteiger charge is -2.26. The molecular formula is C25H23N3O2. The van der Waals surface area contributed by atoms with Crippen LogP contribution < -0.4 is 10.2 Å². The number of nitrogens with zero attached hydrogens (tertiary/aromatic N) is 2. The Morgan fingerprint density at radius 1 is 1.13 bits per heavy atom. The SMILES string of the molecule is C=CN=C(C#Cc1cccc(C(=O)Nc2ccc(N3CCCCC3=O)cc2)c1)C=C. The highest BCUT2D eigenvalue weighted by atomic mass is 16.2. The molecule has 2 aromatic rings. The molecule has 30 heavy (non-hydrogen) atoms. The second-order valence-electron chi connectivity index (χ2n) is 6.74. The van der Waals surface area contributed by atoms with Crippen LogP contribution in [0.2, 0.25) is 0 Å². The molecule has 1 fully saturated rings. The number of nitrogens with one attached hydrogen (secondary N) is 1. The lowest BCUT2D eigenvalue weighted by Crippen LogP contribution is -2.35. The van der Waals surface area contributed by atoms with E-state index in [1.165, 1.54) is 6.20 Å². The van der Waals surface area contributed by atoms with E-state index >= 15 is 0 Å². The fraction of sp³-hybridized carbons (Fsp3) is 0.160. The van der Waals surface area contributed by atoms with Crippen LogP contribution in [0.4, 0.5) is 11.4 Å². The molecule has 150 valence electrons. The molecule has 2 aromatic carbocycles. The molecule has 1 N–H and O–H groups in total. The number of amides is 2. The smallest absolute Gasteiger partial charge is 0.255 e. The van der Waals surface area contributed by atoms with Gasteiger partial charge in [0, 0.05) is 41.7 Å². The van der Waals surface area contributed by atoms with Crippen LogP contribution >= 0.6 is 0 Å². The number of carbonyl (C=O) groups excluding carboxylic acids is 2. The normalized spacial score (nSPS) is 13.8. The van der Waals surface area contributed by atoms with Gasteiger partial charge in [-0.1, -0.05) is 25.1 Å². The number of carbonyl (C=O) groups is 2. The molecule has 1 saturated heterocycles. The van der Waals surface area contributed by atoms with Crippen molar-refractivity contribution < 1.29 is 9.59 Å². The number of rotatable bonds is 5. The lowest BCUT2D eigenvalue weighted by atomic mass is 10.1. The second kappa shape index (κ2) is 10.0. The summed E-state index contributed by atoms with van der Waals surface area (Å²) >= 11 is 0. The number of allylic oxidation sites excluding steroid dienone is 1. The van der Waals surface area contributed by atoms with Gasteiger partial charge >= 0.3 is 0 Å². The Kier molecular flexibility index (Phi) is 6.96. The number of aliphatic imine (C=N–C) groups is 1. The third-order valence-corrected chi connectivity index (χ3v) is 4.64. The van der Waals surface area contributed by atoms with Gasteiger partial charge in [-0.3, -0.25) is 9.59 Å². The predicted octanol–water partition coefficient (Wildman–Crippen LogP) is 4.58. The number of hydrogen-bond acceptors (Lipinski definition) is 3. The zero-order valence-corrected chi connectivity index (χ0v) is 16.7. The van der Waals surface area contributed by atoms with E-state index in [0.717, 1.165) is 25.1 Å². The maximum atomic E-state index is 12.6. The monoisotopic (exact) mass is 397 g/mol. The summed E-state index contributed by atoms with van der Waals surface area (Å²) in [6, 6.07) is 14.4. The van der Waals surface area contributed by atoms with Crippen molar-refractivity contribution in [3.63, 3.8) is 0 Å². The molecule has 0 bridgehead atoms. The molecule has 1 aliphatic heterocycles. The van der Waals surface area contributed by atoms with Crippen molar-refractivity contribution in [3.05, 3.63) is 85.1 Å². The fourth-order valence-corrected chi connectivity index (χ4v) is 3.12. The minimum Gasteiger partial charge on any atom is -0.322 e. The van der Waals surface area contributed by atoms with Crippen molar-refractivity contribution in [2.45, 2.75) is 19.3 Å². The van der Waals surface area contributed by atoms with Gasteiger partial charge in [-0.25, -0.2) is 4.99 Å². The quantitative estimate of drug-likeness (QED) is 0.593. The van der Waals surface area contributed by atoms with Gasteiger partial charge in [0.1, 0.15) is 5.71 Å². The molecule has 3 rings (SSSR count). The summed E-state index contributed by atoms with van der Waals surface area (Å²) in [4.78, 5) is 30.5. The number of anilines is 2. The van der Waals surface area contributed by atoms with Gasteiger partial charge in [-0.05, 0) is 67.3 Å². The predicted molar refractivity (Wildman–Crippen MR) is 122 cm³/mol. The second-order valence-corrected chi connectivity index (χ2v) is 6.74. The molecule has 5 heteroatoms. The highest BCUT2D eigenvalue weighted by Crippen LogP contribution is 2.23. The van der Waals surface area contributed by atoms with Crippen LogP contribution in [0.25, 0.3) is 0 Å². The highest BCUT2D eigenvalue weighted by Gasteiger charge is 2.19. The van der Waals surface area contributed by atoms with Gasteiger partial charge < -0.3 is 10.2 Å². The first-order valence-corrected chi connectivity index (χ1v) is 9.75. The summed E-state index contributed by atoms with van der Waals surface area (Å²) in [7, 11) is 0. The van der Waals surface area contributed by atoms with Gasteiger partial charge in [0.15, 0.2) is 0 Å². The third-order valence-electron chi connectivity index (χ3n) is 4.64. The van der Waals surface area contributed by atoms with Crippen molar-refractivity contribution in [2.24, 2.45) is 4.99 Å². The molecule has 5 nitrogen and oxygen atoms in total. The van der Waals surface area contributed by atoms with E-state index in [1.54, 1.807) is 41.3 Å². The Morgan fingerprint density at radius 3 is 2.63 bits per heavy atom. The van der Waals surface area contributed by atoms with Crippen LogP contribution in [-0.4, -0.2) is 24.1 Å². The van der Waals surface area contributed by atoms with Crippen molar-refractivity contribution in [1.82, 2.24) is 0 Å². The number of benzene rings is 2. The Hall–Kier alpha value is -3.91. The first-order valence-electron chi connectivity index (χ1n) is 9.75. The molecule has 0 radical (unpaired) electrons. The zero-order valence-electron chi connectivity index (χ0n) is 16.7. The Balaban J connectivity index is 1.69. The average Bonchev–Trinajstić information content (AvgIpc) is 2.78. The minimum atomic E-state index is -0.232. The molecular weight excluding hydrogens is 374 g/mol. The van der Waals surface area contributed by atoms with Crippen LogP contribution in [0.3, 0.4) is 0 Å². The van der Waals surface area contributed by atoms with Crippen LogP contribution in [0, 0.1) is 11.8 Å². The molecule has 0 spiro atoms. The summed E-state index contributed by atoms with van der Waals surface area (Å²) in [6.45, 7) is 7.94. The summed E-state index contributed by atoms with van der Waals surface area (Å²) in [5.74, 6) is 5.78. The molecule has 0 saturated carbocycles. The van der Waals surface area contributed by atoms with E-state index in [0.29, 0.717) is 28.9 Å². The van der Waals surface area contributed by atoms with Crippen molar-refractivity contribution in [3.8, 4) is 11.8 Å². The fourth-order valence-electron chi connectivity index (χ4n) is 3.12. The first kappa shape index (κ1) is 20.8. The highest BCUT2D eigenvalue weighted by molar-refractivity contribution is 6.09. The van der Waals surface area contributed by atoms with Crippen LogP contribution in [0.15, 0.2) is 79.0 Å². The summed E-state index contributed by atoms with van der Waals surface area (Å²) in [5, 5.41) is 2.88. The molecule has 1 aliphatic rings. The summed E-state index contributed by atoms with van der Waals surface area (Å²) in [5.41, 5.74) is 3.22. The van der Waals surface area contributed by atoms with Crippen LogP contribution in [0.1, 0.15) is 35.2 Å². The molecule has 0 unspecified atom stereocenters. The van der Waals surface area contributed by atoms with Crippen molar-refractivity contribution in [1.29, 1.82) is 0 Å². The van der Waals surface area contributed by atoms with Gasteiger partial charge in [0.05, 0.1) is 0 Å². The minimum absolute atomic E-state index is 0.147. The van der Waals surface area contributed by atoms with Gasteiger partial charge in [-0.15, -0.1) is 0 Å². The van der Waals surface area contributed by atoms with Gasteiger partial charge in [-0.2, -0.15) is 0 Å². The van der Waals surface area contributed by atoms with Gasteiger partial charge in [0.2, 0.25) is 5.91 Å². The van der Waals surface area contributed by atoms with Crippen LogP contribution in [-0.2, 0) is 4.79 Å². The number of piperidine rings is 1. The summed E-state index contributed by atoms with van der Waals surface area (Å²) in [6.07, 6.45) is 5.50. The Labute approximate surface area is 176 Å². The Morgan fingerprint density at radius 2 is 1.93 bits per heavy atom. The number of hydrogen-bond donors (Lipinski definition) is 1. The van der Waals surface area contributed by atoms with E-state index in [9.17, 15) is 9.59 Å². The van der Waals surface area contributed by atoms with Crippen molar-refractivity contribution in [2.75, 3.05) is 16.8 Å². The van der Waals surface area contributed by atoms with E-state index in [2.05, 4.69) is 35.3 Å². The standard InChI is InChI=1S/C25H23N3O2/c1-3-21(26-4-2)12-11-19-8-7-9-20(18-19)25(30)27-22-13-15-23(16-14-22)28-17-6-5-10-24(28)29/h3-4,7-9,13-16,18H,1-2,5-6,10,17H2,(H,27,30). The van der Waals surface area contributed by atoms with E-state index < -0.39 is 0 Å². The molecule has 0 aliphatic carbocycles. The topological polar surface area (TPSA) is 61.8 Å².